The predicted octanol–water partition coefficient (Wildman–Crippen LogP) is 2.14. The SMILES string of the molecule is CN=C(NCC(c1cnn(C)c1)N(C)C)N1CCC(Oc2ccccc2)CC1. The van der Waals surface area contributed by atoms with Crippen molar-refractivity contribution in [3.8, 4) is 5.75 Å². The molecule has 0 bridgehead atoms. The van der Waals surface area contributed by atoms with Crippen LogP contribution in [-0.4, -0.2) is 72.4 Å². The maximum atomic E-state index is 6.10. The second kappa shape index (κ2) is 9.59. The van der Waals surface area contributed by atoms with Crippen LogP contribution < -0.4 is 10.1 Å². The lowest BCUT2D eigenvalue weighted by atomic mass is 10.1. The maximum absolute atomic E-state index is 6.10. The molecule has 1 aliphatic rings. The van der Waals surface area contributed by atoms with Gasteiger partial charge in [-0.3, -0.25) is 9.67 Å². The maximum Gasteiger partial charge on any atom is 0.193 e. The van der Waals surface area contributed by atoms with Crippen molar-refractivity contribution in [1.82, 2.24) is 24.9 Å². The molecule has 1 aromatic heterocycles. The molecule has 1 N–H and O–H groups in total. The van der Waals surface area contributed by atoms with E-state index in [-0.39, 0.29) is 12.1 Å². The first kappa shape index (κ1) is 20.2. The van der Waals surface area contributed by atoms with Gasteiger partial charge in [0.05, 0.1) is 12.2 Å². The number of piperidine rings is 1. The highest BCUT2D eigenvalue weighted by molar-refractivity contribution is 5.80. The summed E-state index contributed by atoms with van der Waals surface area (Å²) in [7, 11) is 7.98. The summed E-state index contributed by atoms with van der Waals surface area (Å²) >= 11 is 0. The Labute approximate surface area is 168 Å². The molecule has 0 radical (unpaired) electrons. The van der Waals surface area contributed by atoms with E-state index in [4.69, 9.17) is 4.74 Å². The van der Waals surface area contributed by atoms with Crippen LogP contribution in [-0.2, 0) is 7.05 Å². The number of rotatable bonds is 6. The van der Waals surface area contributed by atoms with Gasteiger partial charge in [-0.1, -0.05) is 18.2 Å². The fraction of sp³-hybridized carbons (Fsp3) is 0.524. The third kappa shape index (κ3) is 5.25. The summed E-state index contributed by atoms with van der Waals surface area (Å²) in [5, 5.41) is 7.86. The third-order valence-corrected chi connectivity index (χ3v) is 5.19. The predicted molar refractivity (Wildman–Crippen MR) is 113 cm³/mol. The molecule has 1 unspecified atom stereocenters. The van der Waals surface area contributed by atoms with Gasteiger partial charge in [-0.15, -0.1) is 0 Å². The smallest absolute Gasteiger partial charge is 0.193 e. The summed E-state index contributed by atoms with van der Waals surface area (Å²) in [6.45, 7) is 2.67. The lowest BCUT2D eigenvalue weighted by Gasteiger charge is -2.35. The summed E-state index contributed by atoms with van der Waals surface area (Å²) < 4.78 is 7.95. The van der Waals surface area contributed by atoms with Gasteiger partial charge in [-0.2, -0.15) is 5.10 Å². The minimum absolute atomic E-state index is 0.240. The number of likely N-dealkylation sites (N-methyl/N-ethyl adjacent to an activating group) is 1. The van der Waals surface area contributed by atoms with Gasteiger partial charge in [0.25, 0.3) is 0 Å². The van der Waals surface area contributed by atoms with Crippen LogP contribution in [0.15, 0.2) is 47.7 Å². The molecule has 2 heterocycles. The number of aryl methyl sites for hydroxylation is 1. The number of guanidine groups is 1. The van der Waals surface area contributed by atoms with Crippen LogP contribution in [0.3, 0.4) is 0 Å². The van der Waals surface area contributed by atoms with Crippen LogP contribution in [0.5, 0.6) is 5.75 Å². The topological polar surface area (TPSA) is 57.9 Å². The highest BCUT2D eigenvalue weighted by atomic mass is 16.5. The van der Waals surface area contributed by atoms with Crippen molar-refractivity contribution in [2.24, 2.45) is 12.0 Å². The molecule has 3 rings (SSSR count). The average molecular weight is 385 g/mol. The Bertz CT molecular complexity index is 749. The van der Waals surface area contributed by atoms with Crippen LogP contribution >= 0.6 is 0 Å². The normalized spacial score (nSPS) is 17.0. The van der Waals surface area contributed by atoms with E-state index >= 15 is 0 Å². The van der Waals surface area contributed by atoms with Gasteiger partial charge < -0.3 is 19.9 Å². The van der Waals surface area contributed by atoms with E-state index in [2.05, 4.69) is 45.5 Å². The Morgan fingerprint density at radius 2 is 2.00 bits per heavy atom. The summed E-state index contributed by atoms with van der Waals surface area (Å²) in [6.07, 6.45) is 6.26. The van der Waals surface area contributed by atoms with Crippen LogP contribution in [0.1, 0.15) is 24.4 Å². The van der Waals surface area contributed by atoms with Gasteiger partial charge in [0.15, 0.2) is 5.96 Å². The Kier molecular flexibility index (Phi) is 6.92. The van der Waals surface area contributed by atoms with E-state index in [1.54, 1.807) is 0 Å². The molecule has 0 saturated carbocycles. The van der Waals surface area contributed by atoms with Crippen molar-refractivity contribution in [1.29, 1.82) is 0 Å². The molecule has 2 aromatic rings. The van der Waals surface area contributed by atoms with Gasteiger partial charge in [-0.05, 0) is 26.2 Å². The lowest BCUT2D eigenvalue weighted by Crippen LogP contribution is -2.49. The van der Waals surface area contributed by atoms with Gasteiger partial charge in [0.1, 0.15) is 11.9 Å². The second-order valence-electron chi connectivity index (χ2n) is 7.47. The Morgan fingerprint density at radius 1 is 1.29 bits per heavy atom. The molecule has 1 saturated heterocycles. The summed E-state index contributed by atoms with van der Waals surface area (Å²) in [5.41, 5.74) is 1.20. The van der Waals surface area contributed by atoms with Gasteiger partial charge in [-0.25, -0.2) is 0 Å². The van der Waals surface area contributed by atoms with Crippen molar-refractivity contribution >= 4 is 5.96 Å². The van der Waals surface area contributed by atoms with E-state index in [0.717, 1.165) is 44.2 Å². The number of nitrogens with one attached hydrogen (secondary N) is 1. The van der Waals surface area contributed by atoms with Crippen molar-refractivity contribution in [2.75, 3.05) is 40.8 Å². The summed E-state index contributed by atoms with van der Waals surface area (Å²) in [6, 6.07) is 10.3. The molecule has 0 aliphatic carbocycles. The standard InChI is InChI=1S/C21H32N6O/c1-22-21(23-15-20(25(2)3)17-14-24-26(4)16-17)27-12-10-19(11-13-27)28-18-8-6-5-7-9-18/h5-9,14,16,19-20H,10-13,15H2,1-4H3,(H,22,23). The van der Waals surface area contributed by atoms with E-state index in [1.807, 2.05) is 55.3 Å². The van der Waals surface area contributed by atoms with Crippen LogP contribution in [0, 0.1) is 0 Å². The highest BCUT2D eigenvalue weighted by Crippen LogP contribution is 2.19. The summed E-state index contributed by atoms with van der Waals surface area (Å²) in [4.78, 5) is 9.03. The van der Waals surface area contributed by atoms with Crippen LogP contribution in [0.2, 0.25) is 0 Å². The highest BCUT2D eigenvalue weighted by Gasteiger charge is 2.24. The molecule has 1 atom stereocenters. The van der Waals surface area contributed by atoms with Gasteiger partial charge >= 0.3 is 0 Å². The third-order valence-electron chi connectivity index (χ3n) is 5.19. The average Bonchev–Trinajstić information content (AvgIpc) is 3.12. The molecule has 7 nitrogen and oxygen atoms in total. The van der Waals surface area contributed by atoms with Crippen molar-refractivity contribution in [2.45, 2.75) is 25.0 Å². The molecule has 0 spiro atoms. The number of aliphatic imine (C=N–C) groups is 1. The Hall–Kier alpha value is -2.54. The molecule has 0 amide bonds. The minimum atomic E-state index is 0.240. The molecule has 7 heteroatoms. The Morgan fingerprint density at radius 3 is 2.57 bits per heavy atom. The zero-order valence-corrected chi connectivity index (χ0v) is 17.4. The van der Waals surface area contributed by atoms with Crippen LogP contribution in [0.25, 0.3) is 0 Å². The number of hydrogen-bond acceptors (Lipinski definition) is 4. The first-order valence-electron chi connectivity index (χ1n) is 9.89. The molecule has 28 heavy (non-hydrogen) atoms. The quantitative estimate of drug-likeness (QED) is 0.611. The number of likely N-dealkylation sites (tertiary alicyclic amines) is 1. The van der Waals surface area contributed by atoms with Gasteiger partial charge in [0, 0.05) is 58.3 Å². The van der Waals surface area contributed by atoms with E-state index < -0.39 is 0 Å². The minimum Gasteiger partial charge on any atom is -0.490 e. The summed E-state index contributed by atoms with van der Waals surface area (Å²) in [5.74, 6) is 1.91. The fourth-order valence-electron chi connectivity index (χ4n) is 3.61. The lowest BCUT2D eigenvalue weighted by molar-refractivity contribution is 0.129. The van der Waals surface area contributed by atoms with Crippen LogP contribution in [0.4, 0.5) is 0 Å². The molecule has 1 aromatic carbocycles. The number of hydrogen-bond donors (Lipinski definition) is 1. The molecule has 152 valence electrons. The Balaban J connectivity index is 1.51. The first-order chi connectivity index (χ1) is 13.6. The number of para-hydroxylation sites is 1. The number of nitrogens with zero attached hydrogens (tertiary/aromatic N) is 5. The van der Waals surface area contributed by atoms with E-state index in [0.29, 0.717) is 0 Å². The van der Waals surface area contributed by atoms with Crippen molar-refractivity contribution in [3.63, 3.8) is 0 Å². The zero-order valence-electron chi connectivity index (χ0n) is 17.4. The van der Waals surface area contributed by atoms with Crippen molar-refractivity contribution < 1.29 is 4.74 Å². The molecular weight excluding hydrogens is 352 g/mol. The van der Waals surface area contributed by atoms with E-state index in [1.165, 1.54) is 5.56 Å². The molecule has 1 fully saturated rings. The zero-order chi connectivity index (χ0) is 19.9. The number of aromatic nitrogens is 2. The molecular formula is C21H32N6O. The second-order valence-corrected chi connectivity index (χ2v) is 7.47. The number of ether oxygens (including phenoxy) is 1. The fourth-order valence-corrected chi connectivity index (χ4v) is 3.61. The van der Waals surface area contributed by atoms with Gasteiger partial charge in [0.2, 0.25) is 0 Å². The molecule has 1 aliphatic heterocycles. The first-order valence-corrected chi connectivity index (χ1v) is 9.89. The van der Waals surface area contributed by atoms with Crippen molar-refractivity contribution in [3.05, 3.63) is 48.3 Å². The largest absolute Gasteiger partial charge is 0.490 e. The number of benzene rings is 1. The monoisotopic (exact) mass is 384 g/mol. The van der Waals surface area contributed by atoms with E-state index in [9.17, 15) is 0 Å².